The van der Waals surface area contributed by atoms with Crippen molar-refractivity contribution in [2.45, 2.75) is 26.4 Å². The minimum atomic E-state index is 0.843. The van der Waals surface area contributed by atoms with E-state index in [1.54, 1.807) is 0 Å². The first-order chi connectivity index (χ1) is 11.3. The van der Waals surface area contributed by atoms with Gasteiger partial charge in [0.1, 0.15) is 5.69 Å². The lowest BCUT2D eigenvalue weighted by Gasteiger charge is -2.26. The van der Waals surface area contributed by atoms with E-state index in [-0.39, 0.29) is 0 Å². The van der Waals surface area contributed by atoms with Crippen molar-refractivity contribution in [3.05, 3.63) is 71.3 Å². The van der Waals surface area contributed by atoms with E-state index in [0.717, 1.165) is 37.4 Å². The van der Waals surface area contributed by atoms with Crippen molar-refractivity contribution in [2.24, 2.45) is 0 Å². The van der Waals surface area contributed by atoms with Crippen LogP contribution in [0.15, 0.2) is 48.8 Å². The summed E-state index contributed by atoms with van der Waals surface area (Å²) in [5.74, 6) is 0. The van der Waals surface area contributed by atoms with Crippen LogP contribution in [-0.2, 0) is 19.5 Å². The minimum Gasteiger partial charge on any atom is -0.293 e. The first-order valence-electron chi connectivity index (χ1n) is 7.91. The Morgan fingerprint density at radius 2 is 2.00 bits per heavy atom. The van der Waals surface area contributed by atoms with Gasteiger partial charge < -0.3 is 0 Å². The highest BCUT2D eigenvalue weighted by Gasteiger charge is 2.22. The Morgan fingerprint density at radius 3 is 2.83 bits per heavy atom. The summed E-state index contributed by atoms with van der Waals surface area (Å²) in [6.45, 7) is 4.85. The van der Waals surface area contributed by atoms with Gasteiger partial charge in [0.25, 0.3) is 0 Å². The quantitative estimate of drug-likeness (QED) is 0.746. The maximum absolute atomic E-state index is 4.40. The molecule has 5 nitrogen and oxygen atoms in total. The zero-order valence-electron chi connectivity index (χ0n) is 13.2. The molecule has 1 aliphatic heterocycles. The second-order valence-electron chi connectivity index (χ2n) is 6.06. The molecule has 0 atom stereocenters. The van der Waals surface area contributed by atoms with Crippen molar-refractivity contribution in [3.63, 3.8) is 0 Å². The molecule has 0 bridgehead atoms. The van der Waals surface area contributed by atoms with Crippen molar-refractivity contribution < 1.29 is 0 Å². The Kier molecular flexibility index (Phi) is 3.63. The fourth-order valence-electron chi connectivity index (χ4n) is 3.13. The highest BCUT2D eigenvalue weighted by molar-refractivity contribution is 5.34. The van der Waals surface area contributed by atoms with Crippen LogP contribution in [-0.4, -0.2) is 31.4 Å². The topological polar surface area (TPSA) is 46.8 Å². The lowest BCUT2D eigenvalue weighted by molar-refractivity contribution is 0.240. The third kappa shape index (κ3) is 2.87. The molecule has 1 aliphatic rings. The molecular formula is C18H19N5. The molecule has 0 amide bonds. The number of fused-ring (bicyclic) bond motifs is 1. The van der Waals surface area contributed by atoms with Gasteiger partial charge in [-0.15, -0.1) is 5.10 Å². The molecule has 0 saturated carbocycles. The fraction of sp³-hybridized carbons (Fsp3) is 0.278. The Labute approximate surface area is 135 Å². The van der Waals surface area contributed by atoms with E-state index in [2.05, 4.69) is 45.3 Å². The van der Waals surface area contributed by atoms with Crippen LogP contribution < -0.4 is 0 Å². The van der Waals surface area contributed by atoms with Gasteiger partial charge in [-0.25, -0.2) is 4.68 Å². The maximum atomic E-state index is 4.40. The monoisotopic (exact) mass is 305 g/mol. The van der Waals surface area contributed by atoms with Gasteiger partial charge in [-0.05, 0) is 30.2 Å². The lowest BCUT2D eigenvalue weighted by atomic mass is 10.1. The summed E-state index contributed by atoms with van der Waals surface area (Å²) in [5, 5.41) is 8.75. The molecule has 0 fully saturated rings. The van der Waals surface area contributed by atoms with E-state index in [1.807, 2.05) is 35.3 Å². The van der Waals surface area contributed by atoms with E-state index >= 15 is 0 Å². The summed E-state index contributed by atoms with van der Waals surface area (Å²) in [6.07, 6.45) is 4.81. The Balaban J connectivity index is 1.53. The van der Waals surface area contributed by atoms with Gasteiger partial charge in [0.15, 0.2) is 0 Å². The standard InChI is InChI=1S/C18H19N5/c1-14-9-15(11-19-10-14)12-22-8-7-18-17(13-22)20-21-23(18)16-5-3-2-4-6-16/h2-6,9-11H,7-8,12-13H2,1H3. The van der Waals surface area contributed by atoms with Crippen molar-refractivity contribution in [1.29, 1.82) is 0 Å². The fourth-order valence-corrected chi connectivity index (χ4v) is 3.13. The van der Waals surface area contributed by atoms with Gasteiger partial charge in [-0.1, -0.05) is 29.5 Å². The van der Waals surface area contributed by atoms with E-state index in [1.165, 1.54) is 16.8 Å². The van der Waals surface area contributed by atoms with Crippen LogP contribution in [0.4, 0.5) is 0 Å². The van der Waals surface area contributed by atoms with Crippen molar-refractivity contribution in [3.8, 4) is 5.69 Å². The smallest absolute Gasteiger partial charge is 0.100 e. The second-order valence-corrected chi connectivity index (χ2v) is 6.06. The van der Waals surface area contributed by atoms with Gasteiger partial charge in [0.2, 0.25) is 0 Å². The van der Waals surface area contributed by atoms with E-state index in [0.29, 0.717) is 0 Å². The molecule has 0 saturated heterocycles. The van der Waals surface area contributed by atoms with Crippen molar-refractivity contribution >= 4 is 0 Å². The number of aryl methyl sites for hydroxylation is 1. The molecule has 5 heteroatoms. The van der Waals surface area contributed by atoms with Gasteiger partial charge in [0, 0.05) is 38.4 Å². The molecular weight excluding hydrogens is 286 g/mol. The van der Waals surface area contributed by atoms with Gasteiger partial charge in [0.05, 0.1) is 11.4 Å². The predicted molar refractivity (Wildman–Crippen MR) is 88.2 cm³/mol. The highest BCUT2D eigenvalue weighted by atomic mass is 15.4. The average Bonchev–Trinajstić information content (AvgIpc) is 2.99. The van der Waals surface area contributed by atoms with Crippen LogP contribution in [0.1, 0.15) is 22.5 Å². The molecule has 0 aliphatic carbocycles. The molecule has 0 radical (unpaired) electrons. The SMILES string of the molecule is Cc1cncc(CN2CCc3c(nnn3-c3ccccc3)C2)c1. The van der Waals surface area contributed by atoms with Crippen LogP contribution >= 0.6 is 0 Å². The number of hydrogen-bond donors (Lipinski definition) is 0. The number of benzene rings is 1. The number of para-hydroxylation sites is 1. The number of rotatable bonds is 3. The third-order valence-electron chi connectivity index (χ3n) is 4.22. The second kappa shape index (κ2) is 5.93. The Bertz CT molecular complexity index is 809. The van der Waals surface area contributed by atoms with Crippen LogP contribution in [0.3, 0.4) is 0 Å². The van der Waals surface area contributed by atoms with Crippen molar-refractivity contribution in [2.75, 3.05) is 6.54 Å². The van der Waals surface area contributed by atoms with Crippen LogP contribution in [0.2, 0.25) is 0 Å². The van der Waals surface area contributed by atoms with E-state index in [9.17, 15) is 0 Å². The third-order valence-corrected chi connectivity index (χ3v) is 4.22. The number of aromatic nitrogens is 4. The lowest BCUT2D eigenvalue weighted by Crippen LogP contribution is -2.30. The van der Waals surface area contributed by atoms with Crippen LogP contribution in [0.25, 0.3) is 5.69 Å². The van der Waals surface area contributed by atoms with Crippen LogP contribution in [0, 0.1) is 6.92 Å². The van der Waals surface area contributed by atoms with Crippen LogP contribution in [0.5, 0.6) is 0 Å². The molecule has 23 heavy (non-hydrogen) atoms. The largest absolute Gasteiger partial charge is 0.293 e. The number of nitrogens with zero attached hydrogens (tertiary/aromatic N) is 5. The first kappa shape index (κ1) is 14.1. The molecule has 1 aromatic carbocycles. The molecule has 0 unspecified atom stereocenters. The van der Waals surface area contributed by atoms with E-state index < -0.39 is 0 Å². The van der Waals surface area contributed by atoms with Gasteiger partial charge in [-0.3, -0.25) is 9.88 Å². The Hall–Kier alpha value is -2.53. The summed E-state index contributed by atoms with van der Waals surface area (Å²) in [5.41, 5.74) is 5.85. The molecule has 3 aromatic rings. The molecule has 0 spiro atoms. The van der Waals surface area contributed by atoms with E-state index in [4.69, 9.17) is 0 Å². The molecule has 4 rings (SSSR count). The van der Waals surface area contributed by atoms with Gasteiger partial charge in [-0.2, -0.15) is 0 Å². The Morgan fingerprint density at radius 1 is 1.13 bits per heavy atom. The molecule has 116 valence electrons. The zero-order chi connectivity index (χ0) is 15.6. The first-order valence-corrected chi connectivity index (χ1v) is 7.91. The van der Waals surface area contributed by atoms with Crippen molar-refractivity contribution in [1.82, 2.24) is 24.9 Å². The average molecular weight is 305 g/mol. The summed E-state index contributed by atoms with van der Waals surface area (Å²) in [6, 6.07) is 12.4. The number of pyridine rings is 1. The summed E-state index contributed by atoms with van der Waals surface area (Å²) < 4.78 is 1.97. The maximum Gasteiger partial charge on any atom is 0.100 e. The summed E-state index contributed by atoms with van der Waals surface area (Å²) >= 11 is 0. The molecule has 3 heterocycles. The van der Waals surface area contributed by atoms with Gasteiger partial charge >= 0.3 is 0 Å². The summed E-state index contributed by atoms with van der Waals surface area (Å²) in [7, 11) is 0. The molecule has 0 N–H and O–H groups in total. The zero-order valence-corrected chi connectivity index (χ0v) is 13.2. The predicted octanol–water partition coefficient (Wildman–Crippen LogP) is 2.53. The minimum absolute atomic E-state index is 0.843. The summed E-state index contributed by atoms with van der Waals surface area (Å²) in [4.78, 5) is 6.68. The molecule has 2 aromatic heterocycles. The highest BCUT2D eigenvalue weighted by Crippen LogP contribution is 2.21. The number of hydrogen-bond acceptors (Lipinski definition) is 4. The normalized spacial score (nSPS) is 14.7.